The van der Waals surface area contributed by atoms with Gasteiger partial charge < -0.3 is 15.0 Å². The predicted octanol–water partition coefficient (Wildman–Crippen LogP) is 4.17. The molecule has 2 saturated heterocycles. The Morgan fingerprint density at radius 2 is 1.94 bits per heavy atom. The number of piperidine rings is 2. The van der Waals surface area contributed by atoms with Crippen LogP contribution in [0, 0.1) is 5.92 Å². The van der Waals surface area contributed by atoms with E-state index < -0.39 is 0 Å². The third-order valence-electron chi connectivity index (χ3n) is 7.47. The molecule has 0 aromatic heterocycles. The lowest BCUT2D eigenvalue weighted by atomic mass is 9.77. The lowest BCUT2D eigenvalue weighted by molar-refractivity contribution is 0.00467. The molecule has 1 N–H and O–H groups in total. The van der Waals surface area contributed by atoms with Crippen LogP contribution in [0.3, 0.4) is 0 Å². The van der Waals surface area contributed by atoms with Crippen molar-refractivity contribution in [2.75, 3.05) is 33.4 Å². The third kappa shape index (κ3) is 4.09. The van der Waals surface area contributed by atoms with Gasteiger partial charge in [-0.15, -0.1) is 0 Å². The first-order chi connectivity index (χ1) is 15.2. The van der Waals surface area contributed by atoms with Crippen LogP contribution in [0.2, 0.25) is 0 Å². The van der Waals surface area contributed by atoms with Crippen molar-refractivity contribution in [2.24, 2.45) is 5.92 Å². The number of nitrogens with zero attached hydrogens (tertiary/aromatic N) is 2. The fraction of sp³-hybridized carbons (Fsp3) is 0.500. The minimum Gasteiger partial charge on any atom is -0.382 e. The summed E-state index contributed by atoms with van der Waals surface area (Å²) in [6, 6.07) is 19.7. The number of urea groups is 1. The highest BCUT2D eigenvalue weighted by molar-refractivity contribution is 5.75. The van der Waals surface area contributed by atoms with Gasteiger partial charge in [0, 0.05) is 38.8 Å². The number of benzene rings is 2. The molecule has 2 aromatic carbocycles. The van der Waals surface area contributed by atoms with Crippen molar-refractivity contribution >= 4 is 6.03 Å². The SMILES string of the molecule is COC[C@H](NC(=O)N1CCC[C@@H]2CN3CCc4ccccc4[C@H]3C[C@@H]21)c1ccccc1. The van der Waals surface area contributed by atoms with E-state index >= 15 is 0 Å². The smallest absolute Gasteiger partial charge is 0.318 e. The lowest BCUT2D eigenvalue weighted by Gasteiger charge is -2.52. The number of ether oxygens (including phenoxy) is 1. The fourth-order valence-corrected chi connectivity index (χ4v) is 5.95. The van der Waals surface area contributed by atoms with Crippen molar-refractivity contribution < 1.29 is 9.53 Å². The molecule has 0 unspecified atom stereocenters. The number of likely N-dealkylation sites (tertiary alicyclic amines) is 1. The molecule has 0 bridgehead atoms. The van der Waals surface area contributed by atoms with Crippen molar-refractivity contribution in [1.82, 2.24) is 15.1 Å². The van der Waals surface area contributed by atoms with E-state index in [1.54, 1.807) is 7.11 Å². The molecule has 3 aliphatic heterocycles. The maximum Gasteiger partial charge on any atom is 0.318 e. The molecule has 2 aromatic rings. The van der Waals surface area contributed by atoms with E-state index in [-0.39, 0.29) is 12.1 Å². The van der Waals surface area contributed by atoms with Gasteiger partial charge >= 0.3 is 6.03 Å². The largest absolute Gasteiger partial charge is 0.382 e. The van der Waals surface area contributed by atoms with Crippen LogP contribution in [-0.4, -0.2) is 55.2 Å². The zero-order valence-electron chi connectivity index (χ0n) is 18.4. The Morgan fingerprint density at radius 1 is 1.13 bits per heavy atom. The molecule has 2 fully saturated rings. The van der Waals surface area contributed by atoms with Gasteiger partial charge in [0.15, 0.2) is 0 Å². The molecule has 3 heterocycles. The average Bonchev–Trinajstić information content (AvgIpc) is 2.82. The van der Waals surface area contributed by atoms with Gasteiger partial charge in [-0.25, -0.2) is 4.79 Å². The van der Waals surface area contributed by atoms with E-state index in [9.17, 15) is 4.79 Å². The number of nitrogens with one attached hydrogen (secondary N) is 1. The number of methoxy groups -OCH3 is 1. The Kier molecular flexibility index (Phi) is 5.97. The number of hydrogen-bond donors (Lipinski definition) is 1. The summed E-state index contributed by atoms with van der Waals surface area (Å²) < 4.78 is 5.42. The second-order valence-electron chi connectivity index (χ2n) is 9.23. The molecule has 2 amide bonds. The van der Waals surface area contributed by atoms with Gasteiger partial charge in [0.1, 0.15) is 0 Å². The van der Waals surface area contributed by atoms with Crippen LogP contribution in [0.1, 0.15) is 48.0 Å². The van der Waals surface area contributed by atoms with Crippen molar-refractivity contribution in [2.45, 2.75) is 43.8 Å². The average molecular weight is 420 g/mol. The lowest BCUT2D eigenvalue weighted by Crippen LogP contribution is -2.59. The van der Waals surface area contributed by atoms with Gasteiger partial charge in [-0.1, -0.05) is 54.6 Å². The normalized spacial score (nSPS) is 26.4. The molecule has 5 heteroatoms. The molecule has 0 spiro atoms. The summed E-state index contributed by atoms with van der Waals surface area (Å²) in [4.78, 5) is 18.3. The van der Waals surface area contributed by atoms with E-state index in [4.69, 9.17) is 4.74 Å². The topological polar surface area (TPSA) is 44.8 Å². The Labute approximate surface area is 185 Å². The first-order valence-electron chi connectivity index (χ1n) is 11.7. The molecule has 0 saturated carbocycles. The summed E-state index contributed by atoms with van der Waals surface area (Å²) in [5, 5.41) is 3.28. The number of amides is 2. The predicted molar refractivity (Wildman–Crippen MR) is 122 cm³/mol. The summed E-state index contributed by atoms with van der Waals surface area (Å²) >= 11 is 0. The highest BCUT2D eigenvalue weighted by atomic mass is 16.5. The summed E-state index contributed by atoms with van der Waals surface area (Å²) in [7, 11) is 1.69. The summed E-state index contributed by atoms with van der Waals surface area (Å²) in [5.74, 6) is 0.568. The standard InChI is InChI=1S/C26H33N3O2/c1-31-18-23(20-9-3-2-4-10-20)27-26(30)29-14-7-11-21-17-28-15-13-19-8-5-6-12-22(19)25(28)16-24(21)29/h2-6,8-10,12,21,23-25H,7,11,13-18H2,1H3,(H,27,30)/t21-,23+,24+,25-/m1/s1. The van der Waals surface area contributed by atoms with E-state index in [1.165, 1.54) is 17.5 Å². The first kappa shape index (κ1) is 20.5. The van der Waals surface area contributed by atoms with Crippen LogP contribution < -0.4 is 5.32 Å². The molecule has 3 aliphatic rings. The van der Waals surface area contributed by atoms with Crippen LogP contribution in [0.15, 0.2) is 54.6 Å². The minimum atomic E-state index is -0.130. The molecule has 4 atom stereocenters. The quantitative estimate of drug-likeness (QED) is 0.809. The van der Waals surface area contributed by atoms with Gasteiger partial charge in [0.25, 0.3) is 0 Å². The number of carbonyl (C=O) groups excluding carboxylic acids is 1. The summed E-state index contributed by atoms with van der Waals surface area (Å²) in [6.07, 6.45) is 4.49. The number of carbonyl (C=O) groups is 1. The maximum atomic E-state index is 13.5. The minimum absolute atomic E-state index is 0.0538. The number of rotatable bonds is 4. The van der Waals surface area contributed by atoms with Crippen molar-refractivity contribution in [3.05, 3.63) is 71.3 Å². The molecular weight excluding hydrogens is 386 g/mol. The number of fused-ring (bicyclic) bond motifs is 4. The molecule has 5 nitrogen and oxygen atoms in total. The van der Waals surface area contributed by atoms with Gasteiger partial charge in [0.05, 0.1) is 12.6 Å². The monoisotopic (exact) mass is 419 g/mol. The van der Waals surface area contributed by atoms with Crippen molar-refractivity contribution in [3.8, 4) is 0 Å². The van der Waals surface area contributed by atoms with Crippen LogP contribution in [-0.2, 0) is 11.2 Å². The van der Waals surface area contributed by atoms with E-state index in [1.807, 2.05) is 18.2 Å². The molecule has 31 heavy (non-hydrogen) atoms. The van der Waals surface area contributed by atoms with Crippen LogP contribution >= 0.6 is 0 Å². The second-order valence-corrected chi connectivity index (χ2v) is 9.23. The molecule has 164 valence electrons. The van der Waals surface area contributed by atoms with Gasteiger partial charge in [0.2, 0.25) is 0 Å². The fourth-order valence-electron chi connectivity index (χ4n) is 5.95. The molecule has 0 aliphatic carbocycles. The van der Waals surface area contributed by atoms with Crippen LogP contribution in [0.4, 0.5) is 4.79 Å². The zero-order valence-corrected chi connectivity index (χ0v) is 18.4. The Hall–Kier alpha value is -2.37. The van der Waals surface area contributed by atoms with Gasteiger partial charge in [-0.2, -0.15) is 0 Å². The van der Waals surface area contributed by atoms with Crippen LogP contribution in [0.25, 0.3) is 0 Å². The molecule has 5 rings (SSSR count). The van der Waals surface area contributed by atoms with Crippen molar-refractivity contribution in [3.63, 3.8) is 0 Å². The first-order valence-corrected chi connectivity index (χ1v) is 11.7. The maximum absolute atomic E-state index is 13.5. The zero-order chi connectivity index (χ0) is 21.2. The highest BCUT2D eigenvalue weighted by Crippen LogP contribution is 2.42. The Balaban J connectivity index is 1.35. The Bertz CT molecular complexity index is 903. The molecule has 0 radical (unpaired) electrons. The van der Waals surface area contributed by atoms with Gasteiger partial charge in [-0.3, -0.25) is 4.90 Å². The van der Waals surface area contributed by atoms with E-state index in [0.29, 0.717) is 24.6 Å². The molecular formula is C26H33N3O2. The second kappa shape index (κ2) is 9.01. The van der Waals surface area contributed by atoms with E-state index in [0.717, 1.165) is 44.5 Å². The summed E-state index contributed by atoms with van der Waals surface area (Å²) in [6.45, 7) is 3.56. The van der Waals surface area contributed by atoms with E-state index in [2.05, 4.69) is 51.5 Å². The third-order valence-corrected chi connectivity index (χ3v) is 7.47. The summed E-state index contributed by atoms with van der Waals surface area (Å²) in [5.41, 5.74) is 4.04. The number of hydrogen-bond acceptors (Lipinski definition) is 3. The van der Waals surface area contributed by atoms with Gasteiger partial charge in [-0.05, 0) is 48.3 Å². The van der Waals surface area contributed by atoms with Crippen molar-refractivity contribution in [1.29, 1.82) is 0 Å². The Morgan fingerprint density at radius 3 is 2.77 bits per heavy atom. The van der Waals surface area contributed by atoms with Crippen LogP contribution in [0.5, 0.6) is 0 Å². The highest BCUT2D eigenvalue weighted by Gasteiger charge is 2.44.